The lowest BCUT2D eigenvalue weighted by Crippen LogP contribution is -2.41. The molecule has 3 rings (SSSR count). The van der Waals surface area contributed by atoms with Crippen LogP contribution in [0.15, 0.2) is 9.70 Å². The molecule has 0 saturated carbocycles. The van der Waals surface area contributed by atoms with Crippen molar-refractivity contribution in [1.82, 2.24) is 9.47 Å². The molecule has 0 aliphatic carbocycles. The van der Waals surface area contributed by atoms with E-state index in [1.165, 1.54) is 11.8 Å². The molecule has 2 aliphatic heterocycles. The minimum absolute atomic E-state index is 0.0889. The van der Waals surface area contributed by atoms with Crippen LogP contribution in [0.2, 0.25) is 0 Å². The molecule has 1 aromatic rings. The van der Waals surface area contributed by atoms with Gasteiger partial charge in [0.15, 0.2) is 0 Å². The van der Waals surface area contributed by atoms with Crippen molar-refractivity contribution >= 4 is 46.1 Å². The van der Waals surface area contributed by atoms with Gasteiger partial charge in [0, 0.05) is 31.7 Å². The van der Waals surface area contributed by atoms with Crippen molar-refractivity contribution in [3.63, 3.8) is 0 Å². The van der Waals surface area contributed by atoms with Crippen LogP contribution in [0.25, 0.3) is 6.08 Å². The first-order chi connectivity index (χ1) is 16.9. The summed E-state index contributed by atoms with van der Waals surface area (Å²) >= 11 is 6.92. The smallest absolute Gasteiger partial charge is 0.270 e. The van der Waals surface area contributed by atoms with Gasteiger partial charge in [-0.25, -0.2) is 0 Å². The molecule has 0 aromatic carbocycles. The van der Waals surface area contributed by atoms with Gasteiger partial charge in [0.1, 0.15) is 21.8 Å². The third-order valence-electron chi connectivity index (χ3n) is 6.74. The third-order valence-corrected chi connectivity index (χ3v) is 8.12. The number of carbonyl (C=O) groups is 1. The van der Waals surface area contributed by atoms with Gasteiger partial charge in [0.25, 0.3) is 11.5 Å². The number of rotatable bonds is 10. The lowest BCUT2D eigenvalue weighted by atomic mass is 9.99. The van der Waals surface area contributed by atoms with E-state index in [9.17, 15) is 14.9 Å². The molecule has 9 heteroatoms. The van der Waals surface area contributed by atoms with Crippen molar-refractivity contribution in [1.29, 1.82) is 5.26 Å². The number of amides is 1. The maximum atomic E-state index is 13.5. The molecule has 0 N–H and O–H groups in total. The molecule has 1 unspecified atom stereocenters. The Labute approximate surface area is 218 Å². The molecule has 3 heterocycles. The molecular formula is C26H36N4O3S2. The van der Waals surface area contributed by atoms with Crippen molar-refractivity contribution in [2.24, 2.45) is 5.92 Å². The van der Waals surface area contributed by atoms with E-state index in [2.05, 4.69) is 24.8 Å². The standard InChI is InChI=1S/C26H36N4O3S2/c1-5-8-9-19(7-3)17-30-25(32)22(35-26(30)34)15-20-18(4)21(16-27)24(31)29(10-6-2)23(20)28-11-13-33-14-12-28/h15,19H,5-14,17H2,1-4H3/b22-15-. The van der Waals surface area contributed by atoms with Gasteiger partial charge in [-0.3, -0.25) is 19.1 Å². The van der Waals surface area contributed by atoms with E-state index >= 15 is 0 Å². The minimum atomic E-state index is -0.278. The van der Waals surface area contributed by atoms with Crippen LogP contribution < -0.4 is 10.5 Å². The fraction of sp³-hybridized carbons (Fsp3) is 0.615. The Kier molecular flexibility index (Phi) is 9.96. The monoisotopic (exact) mass is 516 g/mol. The summed E-state index contributed by atoms with van der Waals surface area (Å²) in [6.45, 7) is 11.7. The normalized spacial score (nSPS) is 18.4. The molecule has 0 bridgehead atoms. The Morgan fingerprint density at radius 3 is 2.51 bits per heavy atom. The van der Waals surface area contributed by atoms with E-state index in [0.29, 0.717) is 60.1 Å². The highest BCUT2D eigenvalue weighted by molar-refractivity contribution is 8.26. The van der Waals surface area contributed by atoms with E-state index in [1.807, 2.05) is 13.0 Å². The van der Waals surface area contributed by atoms with Crippen molar-refractivity contribution in [3.05, 3.63) is 31.9 Å². The van der Waals surface area contributed by atoms with Crippen LogP contribution in [0.1, 0.15) is 69.6 Å². The van der Waals surface area contributed by atoms with E-state index in [1.54, 1.807) is 16.4 Å². The first kappa shape index (κ1) is 27.4. The highest BCUT2D eigenvalue weighted by Gasteiger charge is 2.34. The molecule has 35 heavy (non-hydrogen) atoms. The number of unbranched alkanes of at least 4 members (excludes halogenated alkanes) is 1. The van der Waals surface area contributed by atoms with Gasteiger partial charge < -0.3 is 9.64 Å². The SMILES string of the molecule is CCCCC(CC)CN1C(=O)/C(=C/c2c(C)c(C#N)c(=O)n(CCC)c2N2CCOCC2)SC1=S. The summed E-state index contributed by atoms with van der Waals surface area (Å²) in [7, 11) is 0. The third kappa shape index (κ3) is 5.99. The number of aromatic nitrogens is 1. The summed E-state index contributed by atoms with van der Waals surface area (Å²) in [6.07, 6.45) is 6.96. The molecule has 7 nitrogen and oxygen atoms in total. The van der Waals surface area contributed by atoms with Crippen molar-refractivity contribution in [2.45, 2.75) is 66.3 Å². The summed E-state index contributed by atoms with van der Waals surface area (Å²) in [5.41, 5.74) is 1.20. The number of carbonyl (C=O) groups excluding carboxylic acids is 1. The maximum Gasteiger partial charge on any atom is 0.270 e. The molecule has 2 aliphatic rings. The number of nitrogens with zero attached hydrogens (tertiary/aromatic N) is 4. The Bertz CT molecular complexity index is 1080. The molecule has 1 amide bonds. The number of anilines is 1. The molecule has 190 valence electrons. The fourth-order valence-electron chi connectivity index (χ4n) is 4.66. The zero-order valence-corrected chi connectivity index (χ0v) is 22.9. The van der Waals surface area contributed by atoms with Gasteiger partial charge in [0.2, 0.25) is 0 Å². The summed E-state index contributed by atoms with van der Waals surface area (Å²) in [5.74, 6) is 1.09. The Morgan fingerprint density at radius 1 is 1.20 bits per heavy atom. The highest BCUT2D eigenvalue weighted by Crippen LogP contribution is 2.37. The first-order valence-corrected chi connectivity index (χ1v) is 13.9. The highest BCUT2D eigenvalue weighted by atomic mass is 32.2. The molecule has 1 aromatic heterocycles. The number of nitriles is 1. The average Bonchev–Trinajstić information content (AvgIpc) is 3.12. The van der Waals surface area contributed by atoms with Crippen LogP contribution in [0.5, 0.6) is 0 Å². The lowest BCUT2D eigenvalue weighted by molar-refractivity contribution is -0.122. The average molecular weight is 517 g/mol. The predicted octanol–water partition coefficient (Wildman–Crippen LogP) is 4.69. The number of thioether (sulfide) groups is 1. The van der Waals surface area contributed by atoms with Gasteiger partial charge in [-0.05, 0) is 37.3 Å². The van der Waals surface area contributed by atoms with E-state index in [-0.39, 0.29) is 17.0 Å². The van der Waals surface area contributed by atoms with E-state index in [4.69, 9.17) is 17.0 Å². The van der Waals surface area contributed by atoms with Crippen LogP contribution in [0, 0.1) is 24.2 Å². The topological polar surface area (TPSA) is 78.6 Å². The van der Waals surface area contributed by atoms with E-state index < -0.39 is 0 Å². The number of hydrogen-bond donors (Lipinski definition) is 0. The minimum Gasteiger partial charge on any atom is -0.378 e. The molecule has 0 spiro atoms. The van der Waals surface area contributed by atoms with E-state index in [0.717, 1.165) is 43.5 Å². The summed E-state index contributed by atoms with van der Waals surface area (Å²) in [5, 5.41) is 9.79. The van der Waals surface area contributed by atoms with Crippen LogP contribution in [0.3, 0.4) is 0 Å². The molecular weight excluding hydrogens is 480 g/mol. The number of thiocarbonyl (C=S) groups is 1. The van der Waals surface area contributed by atoms with Gasteiger partial charge in [0.05, 0.1) is 18.1 Å². The number of hydrogen-bond acceptors (Lipinski definition) is 7. The molecule has 0 radical (unpaired) electrons. The zero-order chi connectivity index (χ0) is 25.5. The Morgan fingerprint density at radius 2 is 1.91 bits per heavy atom. The quantitative estimate of drug-likeness (QED) is 0.330. The fourth-order valence-corrected chi connectivity index (χ4v) is 5.91. The number of pyridine rings is 1. The van der Waals surface area contributed by atoms with Crippen molar-refractivity contribution < 1.29 is 9.53 Å². The summed E-state index contributed by atoms with van der Waals surface area (Å²) < 4.78 is 7.81. The lowest BCUT2D eigenvalue weighted by Gasteiger charge is -2.33. The van der Waals surface area contributed by atoms with Gasteiger partial charge in [-0.15, -0.1) is 0 Å². The summed E-state index contributed by atoms with van der Waals surface area (Å²) in [6, 6.07) is 2.11. The number of ether oxygens (including phenoxy) is 1. The number of morpholine rings is 1. The predicted molar refractivity (Wildman–Crippen MR) is 147 cm³/mol. The molecule has 1 atom stereocenters. The van der Waals surface area contributed by atoms with Gasteiger partial charge in [-0.1, -0.05) is 64.0 Å². The Hall–Kier alpha value is -2.15. The second-order valence-electron chi connectivity index (χ2n) is 9.11. The van der Waals surface area contributed by atoms with Crippen LogP contribution in [-0.2, 0) is 16.1 Å². The summed E-state index contributed by atoms with van der Waals surface area (Å²) in [4.78, 5) is 31.1. The van der Waals surface area contributed by atoms with Gasteiger partial charge in [-0.2, -0.15) is 5.26 Å². The van der Waals surface area contributed by atoms with Crippen molar-refractivity contribution in [2.75, 3.05) is 37.7 Å². The second-order valence-corrected chi connectivity index (χ2v) is 10.8. The van der Waals surface area contributed by atoms with Gasteiger partial charge >= 0.3 is 0 Å². The Balaban J connectivity index is 2.08. The largest absolute Gasteiger partial charge is 0.378 e. The molecule has 2 saturated heterocycles. The van der Waals surface area contributed by atoms with Crippen LogP contribution in [-0.4, -0.2) is 52.5 Å². The second kappa shape index (κ2) is 12.7. The van der Waals surface area contributed by atoms with Crippen molar-refractivity contribution in [3.8, 4) is 6.07 Å². The molecule has 2 fully saturated rings. The first-order valence-electron chi connectivity index (χ1n) is 12.6. The maximum absolute atomic E-state index is 13.5. The van der Waals surface area contributed by atoms with Crippen LogP contribution in [0.4, 0.5) is 5.82 Å². The zero-order valence-electron chi connectivity index (χ0n) is 21.3. The van der Waals surface area contributed by atoms with Crippen LogP contribution >= 0.6 is 24.0 Å².